The number of fused-ring (bicyclic) bond motifs is 1. The van der Waals surface area contributed by atoms with E-state index < -0.39 is 0 Å². The van der Waals surface area contributed by atoms with Gasteiger partial charge in [-0.15, -0.1) is 0 Å². The van der Waals surface area contributed by atoms with E-state index >= 15 is 0 Å². The molecule has 1 amide bonds. The highest BCUT2D eigenvalue weighted by Gasteiger charge is 2.09. The first-order valence-corrected chi connectivity index (χ1v) is 8.69. The fraction of sp³-hybridized carbons (Fsp3) is 0.158. The molecule has 0 bridgehead atoms. The molecule has 0 aliphatic carbocycles. The summed E-state index contributed by atoms with van der Waals surface area (Å²) in [5.74, 6) is 0.640. The number of aromatic nitrogens is 2. The van der Waals surface area contributed by atoms with Crippen LogP contribution in [0.4, 0.5) is 0 Å². The summed E-state index contributed by atoms with van der Waals surface area (Å²) >= 11 is 11.8. The van der Waals surface area contributed by atoms with Crippen LogP contribution in [0.5, 0.6) is 0 Å². The minimum Gasteiger partial charge on any atom is -0.345 e. The summed E-state index contributed by atoms with van der Waals surface area (Å²) in [7, 11) is 0. The fourth-order valence-corrected chi connectivity index (χ4v) is 2.93. The van der Waals surface area contributed by atoms with E-state index in [-0.39, 0.29) is 5.91 Å². The molecule has 0 saturated carbocycles. The number of hydrogen-bond donors (Lipinski definition) is 1. The SMILES string of the molecule is CCn1c(CNC(=O)/C=C/c2ccc(Cl)c(Cl)c2)nc2ccccc21. The predicted molar refractivity (Wildman–Crippen MR) is 103 cm³/mol. The molecular formula is C19H17Cl2N3O. The van der Waals surface area contributed by atoms with Gasteiger partial charge in [-0.2, -0.15) is 0 Å². The number of benzene rings is 2. The molecule has 0 spiro atoms. The lowest BCUT2D eigenvalue weighted by atomic mass is 10.2. The van der Waals surface area contributed by atoms with E-state index in [1.807, 2.05) is 24.3 Å². The molecule has 4 nitrogen and oxygen atoms in total. The highest BCUT2D eigenvalue weighted by molar-refractivity contribution is 6.42. The molecule has 0 aliphatic rings. The lowest BCUT2D eigenvalue weighted by Gasteiger charge is -2.06. The number of carbonyl (C=O) groups is 1. The summed E-state index contributed by atoms with van der Waals surface area (Å²) in [5.41, 5.74) is 2.81. The van der Waals surface area contributed by atoms with Crippen LogP contribution in [0.15, 0.2) is 48.5 Å². The van der Waals surface area contributed by atoms with Gasteiger partial charge in [-0.1, -0.05) is 41.4 Å². The Morgan fingerprint density at radius 3 is 2.76 bits per heavy atom. The van der Waals surface area contributed by atoms with Crippen LogP contribution in [-0.2, 0) is 17.9 Å². The predicted octanol–water partition coefficient (Wildman–Crippen LogP) is 4.69. The number of para-hydroxylation sites is 2. The largest absolute Gasteiger partial charge is 0.345 e. The highest BCUT2D eigenvalue weighted by atomic mass is 35.5. The third-order valence-electron chi connectivity index (χ3n) is 3.84. The minimum absolute atomic E-state index is 0.194. The van der Waals surface area contributed by atoms with Crippen molar-refractivity contribution in [2.75, 3.05) is 0 Å². The molecule has 0 radical (unpaired) electrons. The number of nitrogens with one attached hydrogen (secondary N) is 1. The average Bonchev–Trinajstić information content (AvgIpc) is 2.98. The summed E-state index contributed by atoms with van der Waals surface area (Å²) in [6.45, 7) is 3.22. The first-order valence-electron chi connectivity index (χ1n) is 7.93. The molecule has 6 heteroatoms. The van der Waals surface area contributed by atoms with Crippen LogP contribution in [0.1, 0.15) is 18.3 Å². The van der Waals surface area contributed by atoms with Crippen LogP contribution < -0.4 is 5.32 Å². The van der Waals surface area contributed by atoms with Crippen molar-refractivity contribution in [3.8, 4) is 0 Å². The molecule has 0 aliphatic heterocycles. The van der Waals surface area contributed by atoms with Crippen molar-refractivity contribution in [3.05, 3.63) is 70.0 Å². The van der Waals surface area contributed by atoms with E-state index in [4.69, 9.17) is 23.2 Å². The number of carbonyl (C=O) groups excluding carboxylic acids is 1. The molecule has 2 aromatic carbocycles. The van der Waals surface area contributed by atoms with Gasteiger partial charge in [-0.3, -0.25) is 4.79 Å². The molecule has 3 rings (SSSR count). The van der Waals surface area contributed by atoms with E-state index in [1.165, 1.54) is 6.08 Å². The van der Waals surface area contributed by atoms with E-state index in [0.29, 0.717) is 16.6 Å². The van der Waals surface area contributed by atoms with Crippen molar-refractivity contribution in [1.29, 1.82) is 0 Å². The maximum absolute atomic E-state index is 12.1. The Kier molecular flexibility index (Phi) is 5.41. The Hall–Kier alpha value is -2.30. The Balaban J connectivity index is 1.68. The number of hydrogen-bond acceptors (Lipinski definition) is 2. The molecule has 0 saturated heterocycles. The molecule has 1 aromatic heterocycles. The molecule has 128 valence electrons. The van der Waals surface area contributed by atoms with Gasteiger partial charge in [0.15, 0.2) is 0 Å². The second-order valence-corrected chi connectivity index (χ2v) is 6.30. The van der Waals surface area contributed by atoms with Gasteiger partial charge in [0.25, 0.3) is 0 Å². The highest BCUT2D eigenvalue weighted by Crippen LogP contribution is 2.23. The summed E-state index contributed by atoms with van der Waals surface area (Å²) in [5, 5.41) is 3.81. The van der Waals surface area contributed by atoms with Gasteiger partial charge in [0.2, 0.25) is 5.91 Å². The number of imidazole rings is 1. The fourth-order valence-electron chi connectivity index (χ4n) is 2.63. The third kappa shape index (κ3) is 4.03. The van der Waals surface area contributed by atoms with Gasteiger partial charge in [-0.25, -0.2) is 4.98 Å². The first-order chi connectivity index (χ1) is 12.1. The Bertz CT molecular complexity index is 947. The van der Waals surface area contributed by atoms with Crippen LogP contribution >= 0.6 is 23.2 Å². The molecule has 0 unspecified atom stereocenters. The third-order valence-corrected chi connectivity index (χ3v) is 4.58. The topological polar surface area (TPSA) is 46.9 Å². The number of aryl methyl sites for hydroxylation is 1. The van der Waals surface area contributed by atoms with Gasteiger partial charge in [0.1, 0.15) is 5.82 Å². The minimum atomic E-state index is -0.194. The maximum atomic E-state index is 12.1. The van der Waals surface area contributed by atoms with Crippen LogP contribution in [-0.4, -0.2) is 15.5 Å². The van der Waals surface area contributed by atoms with E-state index in [1.54, 1.807) is 24.3 Å². The lowest BCUT2D eigenvalue weighted by molar-refractivity contribution is -0.116. The van der Waals surface area contributed by atoms with Gasteiger partial charge in [-0.05, 0) is 42.8 Å². The molecule has 1 N–H and O–H groups in total. The summed E-state index contributed by atoms with van der Waals surface area (Å²) < 4.78 is 2.10. The van der Waals surface area contributed by atoms with Gasteiger partial charge in [0, 0.05) is 12.6 Å². The van der Waals surface area contributed by atoms with Crippen LogP contribution in [0, 0.1) is 0 Å². The number of amides is 1. The average molecular weight is 374 g/mol. The number of rotatable bonds is 5. The number of nitrogens with zero attached hydrogens (tertiary/aromatic N) is 2. The Labute approximate surface area is 156 Å². The van der Waals surface area contributed by atoms with Crippen LogP contribution in [0.2, 0.25) is 10.0 Å². The molecule has 25 heavy (non-hydrogen) atoms. The van der Waals surface area contributed by atoms with Crippen molar-refractivity contribution in [2.45, 2.75) is 20.0 Å². The van der Waals surface area contributed by atoms with Crippen LogP contribution in [0.3, 0.4) is 0 Å². The second kappa shape index (κ2) is 7.72. The lowest BCUT2D eigenvalue weighted by Crippen LogP contribution is -2.22. The Morgan fingerprint density at radius 2 is 2.00 bits per heavy atom. The van der Waals surface area contributed by atoms with E-state index in [9.17, 15) is 4.79 Å². The van der Waals surface area contributed by atoms with Crippen LogP contribution in [0.25, 0.3) is 17.1 Å². The summed E-state index contributed by atoms with van der Waals surface area (Å²) in [6.07, 6.45) is 3.17. The van der Waals surface area contributed by atoms with Crippen molar-refractivity contribution >= 4 is 46.2 Å². The zero-order valence-corrected chi connectivity index (χ0v) is 15.2. The molecule has 1 heterocycles. The van der Waals surface area contributed by atoms with Gasteiger partial charge in [0.05, 0.1) is 27.6 Å². The smallest absolute Gasteiger partial charge is 0.244 e. The zero-order chi connectivity index (χ0) is 17.8. The quantitative estimate of drug-likeness (QED) is 0.659. The molecule has 3 aromatic rings. The zero-order valence-electron chi connectivity index (χ0n) is 13.7. The van der Waals surface area contributed by atoms with Gasteiger partial charge < -0.3 is 9.88 Å². The van der Waals surface area contributed by atoms with Crippen molar-refractivity contribution in [3.63, 3.8) is 0 Å². The number of halogens is 2. The van der Waals surface area contributed by atoms with Crippen molar-refractivity contribution in [1.82, 2.24) is 14.9 Å². The second-order valence-electron chi connectivity index (χ2n) is 5.49. The summed E-state index contributed by atoms with van der Waals surface area (Å²) in [6, 6.07) is 13.2. The van der Waals surface area contributed by atoms with Crippen molar-refractivity contribution < 1.29 is 4.79 Å². The van der Waals surface area contributed by atoms with Gasteiger partial charge >= 0.3 is 0 Å². The normalized spacial score (nSPS) is 11.3. The van der Waals surface area contributed by atoms with Crippen molar-refractivity contribution in [2.24, 2.45) is 0 Å². The molecule has 0 fully saturated rings. The summed E-state index contributed by atoms with van der Waals surface area (Å²) in [4.78, 5) is 16.6. The van der Waals surface area contributed by atoms with E-state index in [0.717, 1.165) is 29.0 Å². The first kappa shape index (κ1) is 17.5. The Morgan fingerprint density at radius 1 is 1.20 bits per heavy atom. The standard InChI is InChI=1S/C19H17Cl2N3O/c1-2-24-17-6-4-3-5-16(17)23-18(24)12-22-19(25)10-8-13-7-9-14(20)15(21)11-13/h3-11H,2,12H2,1H3,(H,22,25)/b10-8+. The monoisotopic (exact) mass is 373 g/mol. The molecule has 0 atom stereocenters. The van der Waals surface area contributed by atoms with E-state index in [2.05, 4.69) is 21.8 Å². The maximum Gasteiger partial charge on any atom is 0.244 e. The molecular weight excluding hydrogens is 357 g/mol.